The molecule has 10 heteroatoms. The van der Waals surface area contributed by atoms with Crippen LogP contribution in [0.3, 0.4) is 0 Å². The Bertz CT molecular complexity index is 715. The summed E-state index contributed by atoms with van der Waals surface area (Å²) in [6.07, 6.45) is -1.43. The molecule has 0 radical (unpaired) electrons. The standard InChI is InChI=1S/C14H17F3N6O/c1-9(2)8-24-12-6-18-5-10(19-12)22-3-4-23-11(7-22)20-21-13(23)14(15,16)17/h5-6,9H,3-4,7-8H2,1-2H3. The Labute approximate surface area is 136 Å². The van der Waals surface area contributed by atoms with Gasteiger partial charge in [-0.05, 0) is 5.92 Å². The number of nitrogens with zero attached hydrogens (tertiary/aromatic N) is 6. The van der Waals surface area contributed by atoms with Gasteiger partial charge in [0.05, 0.1) is 25.5 Å². The molecule has 0 aromatic carbocycles. The molecule has 3 heterocycles. The van der Waals surface area contributed by atoms with Crippen LogP contribution in [0.5, 0.6) is 5.88 Å². The zero-order chi connectivity index (χ0) is 17.3. The molecule has 3 rings (SSSR count). The summed E-state index contributed by atoms with van der Waals surface area (Å²) in [6, 6.07) is 0. The maximum Gasteiger partial charge on any atom is 0.451 e. The average Bonchev–Trinajstić information content (AvgIpc) is 2.96. The van der Waals surface area contributed by atoms with E-state index in [-0.39, 0.29) is 18.9 Å². The third kappa shape index (κ3) is 3.41. The number of hydrogen-bond acceptors (Lipinski definition) is 6. The van der Waals surface area contributed by atoms with Crippen molar-refractivity contribution in [1.82, 2.24) is 24.7 Å². The largest absolute Gasteiger partial charge is 0.476 e. The predicted octanol–water partition coefficient (Wildman–Crippen LogP) is 2.14. The van der Waals surface area contributed by atoms with Crippen LogP contribution in [0.1, 0.15) is 25.5 Å². The van der Waals surface area contributed by atoms with Gasteiger partial charge in [-0.15, -0.1) is 10.2 Å². The van der Waals surface area contributed by atoms with Crippen LogP contribution in [0.4, 0.5) is 19.0 Å². The lowest BCUT2D eigenvalue weighted by molar-refractivity contribution is -0.147. The van der Waals surface area contributed by atoms with Crippen molar-refractivity contribution in [2.24, 2.45) is 5.92 Å². The van der Waals surface area contributed by atoms with Crippen molar-refractivity contribution in [1.29, 1.82) is 0 Å². The maximum atomic E-state index is 12.9. The summed E-state index contributed by atoms with van der Waals surface area (Å²) >= 11 is 0. The second-order valence-electron chi connectivity index (χ2n) is 5.93. The molecule has 0 amide bonds. The number of fused-ring (bicyclic) bond motifs is 1. The molecule has 0 spiro atoms. The third-order valence-electron chi connectivity index (χ3n) is 3.50. The molecule has 7 nitrogen and oxygen atoms in total. The summed E-state index contributed by atoms with van der Waals surface area (Å²) in [5.41, 5.74) is 0. The Kier molecular flexibility index (Phi) is 4.29. The summed E-state index contributed by atoms with van der Waals surface area (Å²) < 4.78 is 45.2. The summed E-state index contributed by atoms with van der Waals surface area (Å²) in [5.74, 6) is 0.578. The van der Waals surface area contributed by atoms with Crippen LogP contribution >= 0.6 is 0 Å². The number of ether oxygens (including phenoxy) is 1. The van der Waals surface area contributed by atoms with Crippen molar-refractivity contribution in [2.75, 3.05) is 18.1 Å². The van der Waals surface area contributed by atoms with Gasteiger partial charge in [0.15, 0.2) is 11.6 Å². The fourth-order valence-corrected chi connectivity index (χ4v) is 2.38. The van der Waals surface area contributed by atoms with Gasteiger partial charge < -0.3 is 14.2 Å². The number of halogens is 3. The van der Waals surface area contributed by atoms with Gasteiger partial charge >= 0.3 is 6.18 Å². The van der Waals surface area contributed by atoms with Gasteiger partial charge in [0.2, 0.25) is 11.7 Å². The monoisotopic (exact) mass is 342 g/mol. The zero-order valence-electron chi connectivity index (χ0n) is 13.3. The molecule has 130 valence electrons. The van der Waals surface area contributed by atoms with Gasteiger partial charge in [-0.2, -0.15) is 18.2 Å². The molecule has 0 N–H and O–H groups in total. The molecule has 1 aliphatic rings. The van der Waals surface area contributed by atoms with Crippen molar-refractivity contribution in [3.63, 3.8) is 0 Å². The highest BCUT2D eigenvalue weighted by Crippen LogP contribution is 2.30. The lowest BCUT2D eigenvalue weighted by atomic mass is 10.2. The molecule has 0 saturated carbocycles. The minimum Gasteiger partial charge on any atom is -0.476 e. The fraction of sp³-hybridized carbons (Fsp3) is 0.571. The summed E-state index contributed by atoms with van der Waals surface area (Å²) in [6.45, 7) is 5.24. The molecule has 1 aliphatic heterocycles. The summed E-state index contributed by atoms with van der Waals surface area (Å²) in [7, 11) is 0. The Hall–Kier alpha value is -2.39. The normalized spacial score (nSPS) is 14.8. The first-order valence-electron chi connectivity index (χ1n) is 7.53. The molecule has 0 aliphatic carbocycles. The minimum atomic E-state index is -4.50. The first-order chi connectivity index (χ1) is 11.3. The number of alkyl halides is 3. The molecular formula is C14H17F3N6O. The van der Waals surface area contributed by atoms with Crippen molar-refractivity contribution >= 4 is 5.82 Å². The van der Waals surface area contributed by atoms with E-state index in [1.165, 1.54) is 6.20 Å². The first-order valence-corrected chi connectivity index (χ1v) is 7.53. The number of rotatable bonds is 4. The lowest BCUT2D eigenvalue weighted by Gasteiger charge is -2.28. The highest BCUT2D eigenvalue weighted by atomic mass is 19.4. The number of aromatic nitrogens is 5. The molecule has 24 heavy (non-hydrogen) atoms. The van der Waals surface area contributed by atoms with E-state index in [9.17, 15) is 13.2 Å². The quantitative estimate of drug-likeness (QED) is 0.848. The highest BCUT2D eigenvalue weighted by Gasteiger charge is 2.39. The Morgan fingerprint density at radius 2 is 2.00 bits per heavy atom. The van der Waals surface area contributed by atoms with Crippen LogP contribution < -0.4 is 9.64 Å². The Morgan fingerprint density at radius 3 is 2.71 bits per heavy atom. The van der Waals surface area contributed by atoms with Gasteiger partial charge in [0.25, 0.3) is 0 Å². The first kappa shape index (κ1) is 16.5. The van der Waals surface area contributed by atoms with E-state index in [2.05, 4.69) is 20.2 Å². The van der Waals surface area contributed by atoms with Gasteiger partial charge in [-0.25, -0.2) is 0 Å². The molecule has 2 aromatic heterocycles. The van der Waals surface area contributed by atoms with E-state index < -0.39 is 12.0 Å². The van der Waals surface area contributed by atoms with Crippen LogP contribution in [-0.4, -0.2) is 37.9 Å². The van der Waals surface area contributed by atoms with Crippen LogP contribution in [0.15, 0.2) is 12.4 Å². The third-order valence-corrected chi connectivity index (χ3v) is 3.50. The molecule has 0 fully saturated rings. The van der Waals surface area contributed by atoms with Crippen LogP contribution in [0, 0.1) is 5.92 Å². The predicted molar refractivity (Wildman–Crippen MR) is 78.4 cm³/mol. The second kappa shape index (κ2) is 6.25. The van der Waals surface area contributed by atoms with Crippen molar-refractivity contribution < 1.29 is 17.9 Å². The molecule has 0 atom stereocenters. The number of anilines is 1. The van der Waals surface area contributed by atoms with Gasteiger partial charge in [0, 0.05) is 13.1 Å². The molecule has 0 unspecified atom stereocenters. The van der Waals surface area contributed by atoms with Crippen molar-refractivity contribution in [2.45, 2.75) is 33.1 Å². The topological polar surface area (TPSA) is 69.0 Å². The van der Waals surface area contributed by atoms with E-state index in [1.807, 2.05) is 13.8 Å². The van der Waals surface area contributed by atoms with Gasteiger partial charge in [-0.3, -0.25) is 4.98 Å². The van der Waals surface area contributed by atoms with Crippen LogP contribution in [0.25, 0.3) is 0 Å². The fourth-order valence-electron chi connectivity index (χ4n) is 2.38. The van der Waals surface area contributed by atoms with E-state index >= 15 is 0 Å². The van der Waals surface area contributed by atoms with E-state index in [0.29, 0.717) is 30.8 Å². The van der Waals surface area contributed by atoms with Crippen molar-refractivity contribution in [3.05, 3.63) is 24.0 Å². The Balaban J connectivity index is 1.76. The smallest absolute Gasteiger partial charge is 0.451 e. The number of hydrogen-bond donors (Lipinski definition) is 0. The molecular weight excluding hydrogens is 325 g/mol. The summed E-state index contributed by atoms with van der Waals surface area (Å²) in [4.78, 5) is 10.2. The van der Waals surface area contributed by atoms with E-state index in [4.69, 9.17) is 4.74 Å². The average molecular weight is 342 g/mol. The SMILES string of the molecule is CC(C)COc1cncc(N2CCn3c(nnc3C(F)(F)F)C2)n1. The van der Waals surface area contributed by atoms with Crippen LogP contribution in [0.2, 0.25) is 0 Å². The highest BCUT2D eigenvalue weighted by molar-refractivity contribution is 5.38. The summed E-state index contributed by atoms with van der Waals surface area (Å²) in [5, 5.41) is 6.92. The molecule has 0 bridgehead atoms. The molecule has 2 aromatic rings. The second-order valence-corrected chi connectivity index (χ2v) is 5.93. The molecule has 0 saturated heterocycles. The van der Waals surface area contributed by atoms with Gasteiger partial charge in [-0.1, -0.05) is 13.8 Å². The van der Waals surface area contributed by atoms with Crippen molar-refractivity contribution in [3.8, 4) is 5.88 Å². The Morgan fingerprint density at radius 1 is 1.21 bits per heavy atom. The zero-order valence-corrected chi connectivity index (χ0v) is 13.3. The van der Waals surface area contributed by atoms with Crippen LogP contribution in [-0.2, 0) is 19.3 Å². The van der Waals surface area contributed by atoms with Gasteiger partial charge in [0.1, 0.15) is 0 Å². The van der Waals surface area contributed by atoms with E-state index in [0.717, 1.165) is 4.57 Å². The minimum absolute atomic E-state index is 0.135. The lowest BCUT2D eigenvalue weighted by Crippen LogP contribution is -2.35. The maximum absolute atomic E-state index is 12.9. The van der Waals surface area contributed by atoms with E-state index in [1.54, 1.807) is 11.1 Å².